The second-order valence-corrected chi connectivity index (χ2v) is 3.46. The van der Waals surface area contributed by atoms with Gasteiger partial charge in [0.1, 0.15) is 11.1 Å². The molecule has 0 aliphatic carbocycles. The van der Waals surface area contributed by atoms with Crippen LogP contribution in [0.5, 0.6) is 0 Å². The first-order chi connectivity index (χ1) is 8.58. The first kappa shape index (κ1) is 11.6. The Balaban J connectivity index is 2.69. The minimum atomic E-state index is -0.867. The number of hydrogen-bond acceptors (Lipinski definition) is 4. The second-order valence-electron chi connectivity index (χ2n) is 3.46. The third-order valence-corrected chi connectivity index (χ3v) is 2.19. The van der Waals surface area contributed by atoms with E-state index in [9.17, 15) is 9.59 Å². The average molecular weight is 246 g/mol. The molecule has 2 aromatic rings. The number of benzene rings is 1. The highest BCUT2D eigenvalue weighted by Gasteiger charge is 2.08. The van der Waals surface area contributed by atoms with Gasteiger partial charge in [0.25, 0.3) is 5.91 Å². The van der Waals surface area contributed by atoms with E-state index < -0.39 is 11.9 Å². The summed E-state index contributed by atoms with van der Waals surface area (Å²) in [6, 6.07) is 7.68. The van der Waals surface area contributed by atoms with Gasteiger partial charge in [-0.05, 0) is 12.1 Å². The summed E-state index contributed by atoms with van der Waals surface area (Å²) < 4.78 is 5.37. The number of nitrogens with one attached hydrogen (secondary N) is 1. The van der Waals surface area contributed by atoms with Crippen LogP contribution in [0.4, 0.5) is 4.79 Å². The van der Waals surface area contributed by atoms with Crippen molar-refractivity contribution in [3.63, 3.8) is 0 Å². The number of para-hydroxylation sites is 1. The summed E-state index contributed by atoms with van der Waals surface area (Å²) >= 11 is 0. The molecule has 1 aromatic heterocycles. The van der Waals surface area contributed by atoms with Crippen LogP contribution >= 0.6 is 0 Å². The van der Waals surface area contributed by atoms with Crippen molar-refractivity contribution in [3.05, 3.63) is 41.4 Å². The Morgan fingerprint density at radius 1 is 1.22 bits per heavy atom. The molecule has 0 saturated carbocycles. The molecule has 0 bridgehead atoms. The van der Waals surface area contributed by atoms with Crippen LogP contribution in [0.3, 0.4) is 0 Å². The molecule has 0 unspecified atom stereocenters. The van der Waals surface area contributed by atoms with Crippen molar-refractivity contribution in [2.75, 3.05) is 0 Å². The van der Waals surface area contributed by atoms with Crippen LogP contribution in [0.25, 0.3) is 11.0 Å². The molecule has 1 aromatic carbocycles. The molecule has 0 radical (unpaired) electrons. The summed E-state index contributed by atoms with van der Waals surface area (Å²) in [5.74, 6) is -0.713. The zero-order chi connectivity index (χ0) is 13.1. The van der Waals surface area contributed by atoms with Crippen LogP contribution in [0.1, 0.15) is 10.4 Å². The molecule has 7 nitrogen and oxygen atoms in total. The maximum absolute atomic E-state index is 11.3. The molecule has 0 fully saturated rings. The lowest BCUT2D eigenvalue weighted by atomic mass is 10.2. The third kappa shape index (κ3) is 2.29. The maximum Gasteiger partial charge on any atom is 0.332 e. The average Bonchev–Trinajstić information content (AvgIpc) is 2.35. The van der Waals surface area contributed by atoms with Gasteiger partial charge < -0.3 is 15.9 Å². The summed E-state index contributed by atoms with van der Waals surface area (Å²) in [7, 11) is 0. The molecule has 3 amide bonds. The Labute approximate surface area is 101 Å². The van der Waals surface area contributed by atoms with E-state index in [4.69, 9.17) is 15.9 Å². The number of nitrogens with two attached hydrogens (primary N) is 2. The normalized spacial score (nSPS) is 11.4. The summed E-state index contributed by atoms with van der Waals surface area (Å²) in [5.41, 5.74) is 12.5. The number of rotatable bonds is 2. The van der Waals surface area contributed by atoms with Crippen molar-refractivity contribution in [1.29, 1.82) is 0 Å². The SMILES string of the molecule is NC(=O)NN=c1oc2ccccc2cc1C(N)=O. The van der Waals surface area contributed by atoms with Gasteiger partial charge in [0.15, 0.2) is 0 Å². The minimum absolute atomic E-state index is 0.0578. The van der Waals surface area contributed by atoms with Gasteiger partial charge in [0.05, 0.1) is 0 Å². The standard InChI is InChI=1S/C11H10N4O3/c12-9(16)7-5-6-3-1-2-4-8(6)18-10(7)14-15-11(13)17/h1-5H,(H2,12,16)(H3,13,15,17). The zero-order valence-corrected chi connectivity index (χ0v) is 9.21. The number of urea groups is 1. The summed E-state index contributed by atoms with van der Waals surface area (Å²) in [4.78, 5) is 21.8. The molecular formula is C11H10N4O3. The lowest BCUT2D eigenvalue weighted by Gasteiger charge is -2.01. The topological polar surface area (TPSA) is 124 Å². The number of fused-ring (bicyclic) bond motifs is 1. The second kappa shape index (κ2) is 4.58. The van der Waals surface area contributed by atoms with Gasteiger partial charge in [0, 0.05) is 5.39 Å². The predicted molar refractivity (Wildman–Crippen MR) is 63.0 cm³/mol. The van der Waals surface area contributed by atoms with Crippen molar-refractivity contribution in [2.45, 2.75) is 0 Å². The number of nitrogens with zero attached hydrogens (tertiary/aromatic N) is 1. The summed E-state index contributed by atoms with van der Waals surface area (Å²) in [6.45, 7) is 0. The maximum atomic E-state index is 11.3. The molecule has 0 aliphatic rings. The van der Waals surface area contributed by atoms with Crippen molar-refractivity contribution in [1.82, 2.24) is 5.43 Å². The quantitative estimate of drug-likeness (QED) is 0.646. The molecule has 0 atom stereocenters. The molecule has 5 N–H and O–H groups in total. The van der Waals surface area contributed by atoms with Crippen LogP contribution in [0.15, 0.2) is 39.9 Å². The molecular weight excluding hydrogens is 236 g/mol. The summed E-state index contributed by atoms with van der Waals surface area (Å²) in [5, 5.41) is 4.28. The van der Waals surface area contributed by atoms with E-state index >= 15 is 0 Å². The van der Waals surface area contributed by atoms with Crippen LogP contribution in [0.2, 0.25) is 0 Å². The van der Waals surface area contributed by atoms with E-state index in [1.54, 1.807) is 24.3 Å². The number of primary amides is 2. The lowest BCUT2D eigenvalue weighted by molar-refractivity contribution is 0.0996. The Kier molecular flexibility index (Phi) is 2.96. The predicted octanol–water partition coefficient (Wildman–Crippen LogP) is 0.0157. The van der Waals surface area contributed by atoms with Gasteiger partial charge in [-0.15, -0.1) is 5.10 Å². The van der Waals surface area contributed by atoms with E-state index in [2.05, 4.69) is 5.10 Å². The lowest BCUT2D eigenvalue weighted by Crippen LogP contribution is -2.29. The van der Waals surface area contributed by atoms with Gasteiger partial charge >= 0.3 is 6.03 Å². The van der Waals surface area contributed by atoms with Gasteiger partial charge in [-0.1, -0.05) is 18.2 Å². The fourth-order valence-corrected chi connectivity index (χ4v) is 1.43. The van der Waals surface area contributed by atoms with Gasteiger partial charge in [0.2, 0.25) is 5.55 Å². The van der Waals surface area contributed by atoms with E-state index in [1.165, 1.54) is 6.07 Å². The smallest absolute Gasteiger partial charge is 0.332 e. The highest BCUT2D eigenvalue weighted by atomic mass is 16.3. The molecule has 92 valence electrons. The van der Waals surface area contributed by atoms with Gasteiger partial charge in [-0.2, -0.15) is 0 Å². The Bertz CT molecular complexity index is 690. The van der Waals surface area contributed by atoms with Crippen LogP contribution in [0, 0.1) is 0 Å². The van der Waals surface area contributed by atoms with Crippen LogP contribution in [-0.4, -0.2) is 11.9 Å². The van der Waals surface area contributed by atoms with Crippen LogP contribution < -0.4 is 22.4 Å². The molecule has 1 heterocycles. The van der Waals surface area contributed by atoms with E-state index in [0.717, 1.165) is 0 Å². The Hall–Kier alpha value is -2.83. The highest BCUT2D eigenvalue weighted by molar-refractivity contribution is 5.95. The third-order valence-electron chi connectivity index (χ3n) is 2.19. The van der Waals surface area contributed by atoms with Crippen LogP contribution in [-0.2, 0) is 0 Å². The minimum Gasteiger partial charge on any atom is -0.436 e. The molecule has 18 heavy (non-hydrogen) atoms. The first-order valence-corrected chi connectivity index (χ1v) is 5.00. The Morgan fingerprint density at radius 3 is 2.61 bits per heavy atom. The molecule has 0 saturated heterocycles. The van der Waals surface area contributed by atoms with E-state index in [0.29, 0.717) is 11.0 Å². The van der Waals surface area contributed by atoms with Crippen molar-refractivity contribution in [3.8, 4) is 0 Å². The van der Waals surface area contributed by atoms with E-state index in [1.807, 2.05) is 5.43 Å². The molecule has 0 aliphatic heterocycles. The van der Waals surface area contributed by atoms with Crippen molar-refractivity contribution >= 4 is 22.9 Å². The molecule has 7 heteroatoms. The van der Waals surface area contributed by atoms with Gasteiger partial charge in [-0.25, -0.2) is 10.2 Å². The first-order valence-electron chi connectivity index (χ1n) is 5.00. The number of carbonyl (C=O) groups excluding carboxylic acids is 2. The number of carbonyl (C=O) groups is 2. The molecule has 0 spiro atoms. The van der Waals surface area contributed by atoms with E-state index in [-0.39, 0.29) is 11.1 Å². The van der Waals surface area contributed by atoms with Crippen molar-refractivity contribution < 1.29 is 14.0 Å². The number of hydrogen-bond donors (Lipinski definition) is 3. The number of amides is 3. The highest BCUT2D eigenvalue weighted by Crippen LogP contribution is 2.12. The van der Waals surface area contributed by atoms with Crippen molar-refractivity contribution in [2.24, 2.45) is 16.6 Å². The Morgan fingerprint density at radius 2 is 1.94 bits per heavy atom. The summed E-state index contributed by atoms with van der Waals surface area (Å²) in [6.07, 6.45) is 0. The molecule has 2 rings (SSSR count). The monoisotopic (exact) mass is 246 g/mol. The largest absolute Gasteiger partial charge is 0.436 e. The van der Waals surface area contributed by atoms with Gasteiger partial charge in [-0.3, -0.25) is 4.79 Å². The fraction of sp³-hybridized carbons (Fsp3) is 0. The zero-order valence-electron chi connectivity index (χ0n) is 9.21. The fourth-order valence-electron chi connectivity index (χ4n) is 1.43.